The van der Waals surface area contributed by atoms with E-state index in [1.165, 1.54) is 11.8 Å². The Hall–Kier alpha value is -2.60. The minimum Gasteiger partial charge on any atom is -0.411 e. The molecule has 3 aromatic rings. The van der Waals surface area contributed by atoms with Gasteiger partial charge in [-0.3, -0.25) is 4.79 Å². The molecular weight excluding hydrogens is 370 g/mol. The number of hydrogen-bond acceptors (Lipinski definition) is 5. The van der Waals surface area contributed by atoms with Crippen molar-refractivity contribution in [1.82, 2.24) is 10.2 Å². The molecule has 0 bridgehead atoms. The molecule has 2 aromatic carbocycles. The maximum atomic E-state index is 12.7. The highest BCUT2D eigenvalue weighted by Crippen LogP contribution is 2.30. The minimum atomic E-state index is -0.366. The first kappa shape index (κ1) is 20.1. The van der Waals surface area contributed by atoms with E-state index in [0.717, 1.165) is 28.8 Å². The number of carbonyl (C=O) groups is 1. The Bertz CT molecular complexity index is 954. The molecule has 0 fully saturated rings. The van der Waals surface area contributed by atoms with Gasteiger partial charge in [0.05, 0.1) is 5.25 Å². The average molecular weight is 396 g/mol. The number of hydrogen-bond donors (Lipinski definition) is 1. The van der Waals surface area contributed by atoms with Gasteiger partial charge < -0.3 is 9.73 Å². The summed E-state index contributed by atoms with van der Waals surface area (Å²) in [4.78, 5) is 12.7. The van der Waals surface area contributed by atoms with Crippen LogP contribution in [-0.4, -0.2) is 21.4 Å². The number of para-hydroxylation sites is 1. The van der Waals surface area contributed by atoms with Crippen molar-refractivity contribution in [2.75, 3.05) is 5.32 Å². The van der Waals surface area contributed by atoms with E-state index in [4.69, 9.17) is 4.42 Å². The molecular formula is C22H25N3O2S. The van der Waals surface area contributed by atoms with Crippen LogP contribution in [-0.2, 0) is 4.79 Å². The zero-order chi connectivity index (χ0) is 20.1. The van der Waals surface area contributed by atoms with Crippen LogP contribution in [0.2, 0.25) is 0 Å². The molecule has 0 saturated carbocycles. The van der Waals surface area contributed by atoms with Crippen LogP contribution in [0.15, 0.2) is 58.2 Å². The number of thioether (sulfide) groups is 1. The molecule has 0 aliphatic rings. The summed E-state index contributed by atoms with van der Waals surface area (Å²) in [7, 11) is 0. The number of amides is 1. The predicted molar refractivity (Wildman–Crippen MR) is 114 cm³/mol. The van der Waals surface area contributed by atoms with Gasteiger partial charge in [0.25, 0.3) is 5.22 Å². The van der Waals surface area contributed by atoms with Gasteiger partial charge in [-0.25, -0.2) is 0 Å². The fourth-order valence-electron chi connectivity index (χ4n) is 2.88. The minimum absolute atomic E-state index is 0.0867. The molecule has 0 unspecified atom stereocenters. The summed E-state index contributed by atoms with van der Waals surface area (Å²) in [5, 5.41) is 11.3. The SMILES string of the molecule is CC[C@@H](C)c1ccccc1NC(=O)[C@@H](C)Sc1nnc(-c2ccccc2C)o1. The predicted octanol–water partition coefficient (Wildman–Crippen LogP) is 5.68. The maximum absolute atomic E-state index is 12.7. The molecule has 5 nitrogen and oxygen atoms in total. The van der Waals surface area contributed by atoms with E-state index in [1.807, 2.05) is 56.3 Å². The summed E-state index contributed by atoms with van der Waals surface area (Å²) in [5.74, 6) is 0.763. The number of rotatable bonds is 7. The third kappa shape index (κ3) is 4.62. The maximum Gasteiger partial charge on any atom is 0.277 e. The Morgan fingerprint density at radius 1 is 1.11 bits per heavy atom. The third-order valence-corrected chi connectivity index (χ3v) is 5.72. The molecule has 6 heteroatoms. The number of nitrogens with zero attached hydrogens (tertiary/aromatic N) is 2. The molecule has 1 heterocycles. The van der Waals surface area contributed by atoms with Gasteiger partial charge in [-0.1, -0.05) is 62.0 Å². The molecule has 1 amide bonds. The number of carbonyl (C=O) groups excluding carboxylic acids is 1. The van der Waals surface area contributed by atoms with E-state index in [9.17, 15) is 4.79 Å². The van der Waals surface area contributed by atoms with E-state index >= 15 is 0 Å². The van der Waals surface area contributed by atoms with Crippen molar-refractivity contribution in [2.45, 2.75) is 50.5 Å². The smallest absolute Gasteiger partial charge is 0.277 e. The highest BCUT2D eigenvalue weighted by atomic mass is 32.2. The third-order valence-electron chi connectivity index (χ3n) is 4.79. The second kappa shape index (κ2) is 9.06. The van der Waals surface area contributed by atoms with Crippen LogP contribution in [0.5, 0.6) is 0 Å². The van der Waals surface area contributed by atoms with Crippen LogP contribution in [0.3, 0.4) is 0 Å². The Morgan fingerprint density at radius 3 is 2.57 bits per heavy atom. The molecule has 28 heavy (non-hydrogen) atoms. The van der Waals surface area contributed by atoms with Crippen LogP contribution in [0.25, 0.3) is 11.5 Å². The van der Waals surface area contributed by atoms with Gasteiger partial charge in [0.2, 0.25) is 11.8 Å². The number of aryl methyl sites for hydroxylation is 1. The van der Waals surface area contributed by atoms with Crippen molar-refractivity contribution in [2.24, 2.45) is 0 Å². The summed E-state index contributed by atoms with van der Waals surface area (Å²) in [6.07, 6.45) is 1.01. The van der Waals surface area contributed by atoms with E-state index in [2.05, 4.69) is 35.4 Å². The highest BCUT2D eigenvalue weighted by Gasteiger charge is 2.20. The summed E-state index contributed by atoms with van der Waals surface area (Å²) >= 11 is 1.26. The van der Waals surface area contributed by atoms with Crippen LogP contribution < -0.4 is 5.32 Å². The lowest BCUT2D eigenvalue weighted by Crippen LogP contribution is -2.23. The quantitative estimate of drug-likeness (QED) is 0.521. The Kier molecular flexibility index (Phi) is 6.52. The summed E-state index contributed by atoms with van der Waals surface area (Å²) in [6, 6.07) is 15.8. The molecule has 0 radical (unpaired) electrons. The van der Waals surface area contributed by atoms with Crippen LogP contribution in [0.1, 0.15) is 44.2 Å². The van der Waals surface area contributed by atoms with Gasteiger partial charge in [-0.2, -0.15) is 0 Å². The number of anilines is 1. The van der Waals surface area contributed by atoms with Gasteiger partial charge in [0.1, 0.15) is 0 Å². The molecule has 146 valence electrons. The van der Waals surface area contributed by atoms with Crippen molar-refractivity contribution < 1.29 is 9.21 Å². The van der Waals surface area contributed by atoms with Crippen molar-refractivity contribution >= 4 is 23.4 Å². The van der Waals surface area contributed by atoms with Crippen molar-refractivity contribution in [3.63, 3.8) is 0 Å². The van der Waals surface area contributed by atoms with Crippen LogP contribution in [0, 0.1) is 6.92 Å². The van der Waals surface area contributed by atoms with Crippen molar-refractivity contribution in [3.8, 4) is 11.5 Å². The van der Waals surface area contributed by atoms with E-state index in [1.54, 1.807) is 0 Å². The Labute approximate surface area is 170 Å². The number of benzene rings is 2. The van der Waals surface area contributed by atoms with Crippen molar-refractivity contribution in [3.05, 3.63) is 59.7 Å². The largest absolute Gasteiger partial charge is 0.411 e. The lowest BCUT2D eigenvalue weighted by molar-refractivity contribution is -0.115. The molecule has 2 atom stereocenters. The number of nitrogens with one attached hydrogen (secondary N) is 1. The molecule has 1 N–H and O–H groups in total. The first-order chi connectivity index (χ1) is 13.5. The molecule has 0 spiro atoms. The molecule has 3 rings (SSSR count). The summed E-state index contributed by atoms with van der Waals surface area (Å²) < 4.78 is 5.76. The molecule has 1 aromatic heterocycles. The fourth-order valence-corrected chi connectivity index (χ4v) is 3.56. The topological polar surface area (TPSA) is 68.0 Å². The lowest BCUT2D eigenvalue weighted by atomic mass is 9.97. The van der Waals surface area contributed by atoms with Gasteiger partial charge in [0.15, 0.2) is 0 Å². The van der Waals surface area contributed by atoms with E-state index in [-0.39, 0.29) is 11.2 Å². The highest BCUT2D eigenvalue weighted by molar-refractivity contribution is 8.00. The standard InChI is InChI=1S/C22H25N3O2S/c1-5-14(2)17-11-8-9-13-19(17)23-20(26)16(4)28-22-25-24-21(27-22)18-12-7-6-10-15(18)3/h6-14,16H,5H2,1-4H3,(H,23,26)/t14-,16-/m1/s1. The normalized spacial score (nSPS) is 13.1. The van der Waals surface area contributed by atoms with E-state index < -0.39 is 0 Å². The zero-order valence-corrected chi connectivity index (χ0v) is 17.4. The second-order valence-corrected chi connectivity index (χ2v) is 8.13. The summed E-state index contributed by atoms with van der Waals surface area (Å²) in [6.45, 7) is 8.14. The van der Waals surface area contributed by atoms with E-state index in [0.29, 0.717) is 17.0 Å². The lowest BCUT2D eigenvalue weighted by Gasteiger charge is -2.17. The Morgan fingerprint density at radius 2 is 1.82 bits per heavy atom. The molecule has 0 aliphatic carbocycles. The van der Waals surface area contributed by atoms with Crippen LogP contribution in [0.4, 0.5) is 5.69 Å². The zero-order valence-electron chi connectivity index (χ0n) is 16.6. The fraction of sp³-hybridized carbons (Fsp3) is 0.318. The second-order valence-electron chi connectivity index (χ2n) is 6.83. The van der Waals surface area contributed by atoms with Crippen LogP contribution >= 0.6 is 11.8 Å². The monoisotopic (exact) mass is 395 g/mol. The van der Waals surface area contributed by atoms with Gasteiger partial charge >= 0.3 is 0 Å². The number of aromatic nitrogens is 2. The molecule has 0 saturated heterocycles. The Balaban J connectivity index is 1.68. The van der Waals surface area contributed by atoms with Gasteiger partial charge in [-0.05, 0) is 49.4 Å². The first-order valence-electron chi connectivity index (χ1n) is 9.45. The van der Waals surface area contributed by atoms with Gasteiger partial charge in [-0.15, -0.1) is 10.2 Å². The first-order valence-corrected chi connectivity index (χ1v) is 10.3. The van der Waals surface area contributed by atoms with Crippen molar-refractivity contribution in [1.29, 1.82) is 0 Å². The summed E-state index contributed by atoms with van der Waals surface area (Å²) in [5.41, 5.74) is 3.98. The average Bonchev–Trinajstić information content (AvgIpc) is 3.16. The molecule has 0 aliphatic heterocycles. The van der Waals surface area contributed by atoms with Gasteiger partial charge in [0, 0.05) is 11.3 Å².